The molecule has 2 heterocycles. The fraction of sp³-hybridized carbons (Fsp3) is 0.133. The van der Waals surface area contributed by atoms with Gasteiger partial charge in [0.25, 0.3) is 5.89 Å². The van der Waals surface area contributed by atoms with Crippen molar-refractivity contribution in [3.63, 3.8) is 0 Å². The molecule has 106 valence electrons. The lowest BCUT2D eigenvalue weighted by molar-refractivity contribution is 0.422. The second kappa shape index (κ2) is 6.15. The van der Waals surface area contributed by atoms with Gasteiger partial charge in [0.1, 0.15) is 5.69 Å². The summed E-state index contributed by atoms with van der Waals surface area (Å²) in [5.74, 6) is 1.04. The Morgan fingerprint density at radius 1 is 1.14 bits per heavy atom. The Morgan fingerprint density at radius 3 is 2.71 bits per heavy atom. The third kappa shape index (κ3) is 3.17. The number of rotatable bonds is 4. The van der Waals surface area contributed by atoms with E-state index in [1.165, 1.54) is 0 Å². The lowest BCUT2D eigenvalue weighted by Gasteiger charge is -1.99. The third-order valence-electron chi connectivity index (χ3n) is 3.05. The van der Waals surface area contributed by atoms with E-state index < -0.39 is 0 Å². The van der Waals surface area contributed by atoms with Gasteiger partial charge >= 0.3 is 0 Å². The number of aromatic nitrogens is 3. The number of nitrogens with zero attached hydrogens (tertiary/aromatic N) is 3. The SMILES string of the molecule is NCc1ccc(-c2nc(Cc3ccccc3Br)no2)nc1. The van der Waals surface area contributed by atoms with Crippen LogP contribution in [-0.4, -0.2) is 15.1 Å². The zero-order chi connectivity index (χ0) is 14.7. The molecule has 1 aromatic carbocycles. The highest BCUT2D eigenvalue weighted by Crippen LogP contribution is 2.20. The Balaban J connectivity index is 1.81. The quantitative estimate of drug-likeness (QED) is 0.787. The molecule has 0 amide bonds. The Morgan fingerprint density at radius 2 is 2.00 bits per heavy atom. The van der Waals surface area contributed by atoms with Crippen LogP contribution in [0.3, 0.4) is 0 Å². The topological polar surface area (TPSA) is 77.8 Å². The Kier molecular flexibility index (Phi) is 4.08. The van der Waals surface area contributed by atoms with Crippen LogP contribution in [0.1, 0.15) is 17.0 Å². The summed E-state index contributed by atoms with van der Waals surface area (Å²) in [6.45, 7) is 0.463. The van der Waals surface area contributed by atoms with Crippen LogP contribution in [0, 0.1) is 0 Å². The molecule has 0 aliphatic rings. The summed E-state index contributed by atoms with van der Waals surface area (Å²) in [7, 11) is 0. The van der Waals surface area contributed by atoms with Crippen LogP contribution in [0.15, 0.2) is 51.6 Å². The third-order valence-corrected chi connectivity index (χ3v) is 3.83. The molecule has 0 fully saturated rings. The van der Waals surface area contributed by atoms with Crippen molar-refractivity contribution in [1.29, 1.82) is 0 Å². The van der Waals surface area contributed by atoms with Crippen LogP contribution in [0.5, 0.6) is 0 Å². The van der Waals surface area contributed by atoms with Crippen LogP contribution < -0.4 is 5.73 Å². The van der Waals surface area contributed by atoms with E-state index in [9.17, 15) is 0 Å². The average molecular weight is 345 g/mol. The van der Waals surface area contributed by atoms with Crippen molar-refractivity contribution in [1.82, 2.24) is 15.1 Å². The molecule has 3 rings (SSSR count). The molecule has 0 aliphatic carbocycles. The molecule has 6 heteroatoms. The van der Waals surface area contributed by atoms with Gasteiger partial charge in [-0.25, -0.2) is 0 Å². The Labute approximate surface area is 130 Å². The van der Waals surface area contributed by atoms with Gasteiger partial charge in [-0.3, -0.25) is 4.98 Å². The van der Waals surface area contributed by atoms with Gasteiger partial charge in [0.15, 0.2) is 5.82 Å². The van der Waals surface area contributed by atoms with Gasteiger partial charge in [0.05, 0.1) is 0 Å². The fourth-order valence-electron chi connectivity index (χ4n) is 1.91. The van der Waals surface area contributed by atoms with Crippen molar-refractivity contribution >= 4 is 15.9 Å². The zero-order valence-electron chi connectivity index (χ0n) is 11.2. The van der Waals surface area contributed by atoms with Crippen LogP contribution in [0.2, 0.25) is 0 Å². The van der Waals surface area contributed by atoms with Gasteiger partial charge in [0, 0.05) is 23.6 Å². The van der Waals surface area contributed by atoms with Gasteiger partial charge in [-0.05, 0) is 23.3 Å². The molecule has 2 aromatic heterocycles. The number of hydrogen-bond donors (Lipinski definition) is 1. The van der Waals surface area contributed by atoms with E-state index in [1.54, 1.807) is 6.20 Å². The molecular formula is C15H13BrN4O. The van der Waals surface area contributed by atoms with Crippen molar-refractivity contribution in [2.24, 2.45) is 5.73 Å². The molecule has 5 nitrogen and oxygen atoms in total. The molecule has 0 saturated carbocycles. The molecule has 0 saturated heterocycles. The molecule has 0 spiro atoms. The highest BCUT2D eigenvalue weighted by Gasteiger charge is 2.11. The van der Waals surface area contributed by atoms with Crippen molar-refractivity contribution < 1.29 is 4.52 Å². The molecule has 3 aromatic rings. The van der Waals surface area contributed by atoms with Crippen molar-refractivity contribution in [3.05, 3.63) is 64.0 Å². The normalized spacial score (nSPS) is 10.8. The minimum atomic E-state index is 0.417. The van der Waals surface area contributed by atoms with Crippen LogP contribution in [0.25, 0.3) is 11.6 Å². The fourth-order valence-corrected chi connectivity index (χ4v) is 2.34. The van der Waals surface area contributed by atoms with Crippen LogP contribution in [-0.2, 0) is 13.0 Å². The predicted molar refractivity (Wildman–Crippen MR) is 82.4 cm³/mol. The smallest absolute Gasteiger partial charge is 0.276 e. The first kappa shape index (κ1) is 13.9. The maximum Gasteiger partial charge on any atom is 0.276 e. The minimum Gasteiger partial charge on any atom is -0.332 e. The number of hydrogen-bond acceptors (Lipinski definition) is 5. The Bertz CT molecular complexity index is 739. The van der Waals surface area contributed by atoms with Gasteiger partial charge < -0.3 is 10.3 Å². The number of halogens is 1. The van der Waals surface area contributed by atoms with Gasteiger partial charge in [-0.1, -0.05) is 45.4 Å². The number of nitrogens with two attached hydrogens (primary N) is 1. The van der Waals surface area contributed by atoms with E-state index in [2.05, 4.69) is 31.1 Å². The number of benzene rings is 1. The largest absolute Gasteiger partial charge is 0.332 e. The minimum absolute atomic E-state index is 0.417. The van der Waals surface area contributed by atoms with Crippen molar-refractivity contribution in [3.8, 4) is 11.6 Å². The van der Waals surface area contributed by atoms with E-state index in [-0.39, 0.29) is 0 Å². The molecule has 21 heavy (non-hydrogen) atoms. The number of pyridine rings is 1. The maximum absolute atomic E-state index is 5.55. The summed E-state index contributed by atoms with van der Waals surface area (Å²) < 4.78 is 6.30. The van der Waals surface area contributed by atoms with E-state index >= 15 is 0 Å². The first-order chi connectivity index (χ1) is 10.3. The maximum atomic E-state index is 5.55. The highest BCUT2D eigenvalue weighted by molar-refractivity contribution is 9.10. The second-order valence-corrected chi connectivity index (χ2v) is 5.39. The van der Waals surface area contributed by atoms with Gasteiger partial charge in [-0.15, -0.1) is 0 Å². The van der Waals surface area contributed by atoms with Crippen molar-refractivity contribution in [2.45, 2.75) is 13.0 Å². The zero-order valence-corrected chi connectivity index (χ0v) is 12.7. The van der Waals surface area contributed by atoms with E-state index in [4.69, 9.17) is 10.3 Å². The van der Waals surface area contributed by atoms with Crippen LogP contribution >= 0.6 is 15.9 Å². The van der Waals surface area contributed by atoms with Crippen molar-refractivity contribution in [2.75, 3.05) is 0 Å². The first-order valence-corrected chi connectivity index (χ1v) is 7.27. The lowest BCUT2D eigenvalue weighted by atomic mass is 10.1. The standard InChI is InChI=1S/C15H13BrN4O/c16-12-4-2-1-3-11(12)7-14-19-15(21-20-14)13-6-5-10(8-17)9-18-13/h1-6,9H,7-8,17H2. The van der Waals surface area contributed by atoms with E-state index in [1.807, 2.05) is 36.4 Å². The first-order valence-electron chi connectivity index (χ1n) is 6.47. The summed E-state index contributed by atoms with van der Waals surface area (Å²) in [6, 6.07) is 11.7. The van der Waals surface area contributed by atoms with E-state index in [0.29, 0.717) is 30.4 Å². The predicted octanol–water partition coefficient (Wildman–Crippen LogP) is 2.94. The Hall–Kier alpha value is -2.05. The molecular weight excluding hydrogens is 332 g/mol. The summed E-state index contributed by atoms with van der Waals surface area (Å²) in [6.07, 6.45) is 2.32. The monoisotopic (exact) mass is 344 g/mol. The highest BCUT2D eigenvalue weighted by atomic mass is 79.9. The second-order valence-electron chi connectivity index (χ2n) is 4.54. The molecule has 2 N–H and O–H groups in total. The molecule has 0 aliphatic heterocycles. The lowest BCUT2D eigenvalue weighted by Crippen LogP contribution is -1.97. The van der Waals surface area contributed by atoms with Gasteiger partial charge in [0.2, 0.25) is 0 Å². The van der Waals surface area contributed by atoms with Gasteiger partial charge in [-0.2, -0.15) is 4.98 Å². The average Bonchev–Trinajstić information content (AvgIpc) is 2.98. The summed E-state index contributed by atoms with van der Waals surface area (Å²) in [4.78, 5) is 8.65. The van der Waals surface area contributed by atoms with Crippen LogP contribution in [0.4, 0.5) is 0 Å². The van der Waals surface area contributed by atoms with E-state index in [0.717, 1.165) is 15.6 Å². The molecule has 0 radical (unpaired) electrons. The molecule has 0 unspecified atom stereocenters. The molecule has 0 bridgehead atoms. The summed E-state index contributed by atoms with van der Waals surface area (Å²) in [5, 5.41) is 4.00. The summed E-state index contributed by atoms with van der Waals surface area (Å²) in [5.41, 5.74) is 8.27. The molecule has 0 atom stereocenters. The summed E-state index contributed by atoms with van der Waals surface area (Å²) >= 11 is 3.51.